The molecule has 8 heteroatoms. The van der Waals surface area contributed by atoms with Gasteiger partial charge in [0.05, 0.1) is 11.9 Å². The highest BCUT2D eigenvalue weighted by Gasteiger charge is 2.25. The maximum atomic E-state index is 12.5. The highest BCUT2D eigenvalue weighted by atomic mass is 35.5. The maximum absolute atomic E-state index is 12.5. The Morgan fingerprint density at radius 2 is 1.89 bits per heavy atom. The molecule has 2 aromatic rings. The van der Waals surface area contributed by atoms with Crippen LogP contribution in [-0.4, -0.2) is 45.9 Å². The molecule has 1 aliphatic carbocycles. The van der Waals surface area contributed by atoms with Gasteiger partial charge in [0.15, 0.2) is 0 Å². The Labute approximate surface area is 164 Å². The van der Waals surface area contributed by atoms with Crippen LogP contribution in [-0.2, 0) is 6.54 Å². The molecule has 0 N–H and O–H groups in total. The molecule has 7 nitrogen and oxygen atoms in total. The van der Waals surface area contributed by atoms with E-state index in [2.05, 4.69) is 38.7 Å². The minimum Gasteiger partial charge on any atom is -0.365 e. The summed E-state index contributed by atoms with van der Waals surface area (Å²) >= 11 is 6.40. The molecule has 2 fully saturated rings. The van der Waals surface area contributed by atoms with Crippen LogP contribution in [0.15, 0.2) is 23.3 Å². The number of hydrogen-bond donors (Lipinski definition) is 0. The van der Waals surface area contributed by atoms with Crippen LogP contribution in [0.4, 0.5) is 11.5 Å². The number of piperazine rings is 1. The smallest absolute Gasteiger partial charge is 0.287 e. The second-order valence-corrected chi connectivity index (χ2v) is 8.05. The first-order valence-corrected chi connectivity index (χ1v) is 9.99. The second-order valence-electron chi connectivity index (χ2n) is 7.68. The fourth-order valence-electron chi connectivity index (χ4n) is 3.35. The summed E-state index contributed by atoms with van der Waals surface area (Å²) < 4.78 is 1.51. The van der Waals surface area contributed by atoms with Gasteiger partial charge >= 0.3 is 0 Å². The van der Waals surface area contributed by atoms with Crippen molar-refractivity contribution >= 4 is 23.1 Å². The summed E-state index contributed by atoms with van der Waals surface area (Å²) in [6, 6.07) is 1.95. The molecule has 0 amide bonds. The Bertz CT molecular complexity index is 871. The fourth-order valence-corrected chi connectivity index (χ4v) is 3.61. The van der Waals surface area contributed by atoms with Crippen molar-refractivity contribution < 1.29 is 0 Å². The minimum atomic E-state index is -0.180. The van der Waals surface area contributed by atoms with Crippen molar-refractivity contribution in [2.45, 2.75) is 39.2 Å². The molecule has 144 valence electrons. The standard InChI is InChI=1S/C19H25ClN6O/c1-13(2)18-21-6-5-16(23-18)25-9-7-24(8-10-25)15-11-22-26(12-14-3-4-14)19(27)17(15)20/h5-6,11,13-14H,3-4,7-10,12H2,1-2H3. The van der Waals surface area contributed by atoms with Crippen molar-refractivity contribution in [3.8, 4) is 0 Å². The Morgan fingerprint density at radius 1 is 1.19 bits per heavy atom. The Balaban J connectivity index is 1.45. The molecular weight excluding hydrogens is 364 g/mol. The van der Waals surface area contributed by atoms with Crippen LogP contribution in [0, 0.1) is 5.92 Å². The van der Waals surface area contributed by atoms with Gasteiger partial charge in [-0.3, -0.25) is 4.79 Å². The molecule has 1 saturated heterocycles. The molecule has 2 aliphatic rings. The number of anilines is 2. The first-order valence-electron chi connectivity index (χ1n) is 9.61. The number of hydrogen-bond acceptors (Lipinski definition) is 6. The molecule has 27 heavy (non-hydrogen) atoms. The molecular formula is C19H25ClN6O. The zero-order valence-corrected chi connectivity index (χ0v) is 16.6. The van der Waals surface area contributed by atoms with E-state index in [1.54, 1.807) is 6.20 Å². The molecule has 0 spiro atoms. The van der Waals surface area contributed by atoms with Crippen molar-refractivity contribution in [2.75, 3.05) is 36.0 Å². The Morgan fingerprint density at radius 3 is 2.56 bits per heavy atom. The van der Waals surface area contributed by atoms with Crippen LogP contribution in [0.1, 0.15) is 38.4 Å². The average Bonchev–Trinajstić information content (AvgIpc) is 3.50. The summed E-state index contributed by atoms with van der Waals surface area (Å²) in [5.74, 6) is 2.71. The SMILES string of the molecule is CC(C)c1nccc(N2CCN(c3cnn(CC4CC4)c(=O)c3Cl)CC2)n1. The minimum absolute atomic E-state index is 0.180. The molecule has 0 atom stereocenters. The quantitative estimate of drug-likeness (QED) is 0.784. The highest BCUT2D eigenvalue weighted by molar-refractivity contribution is 6.33. The van der Waals surface area contributed by atoms with Gasteiger partial charge in [0.2, 0.25) is 0 Å². The van der Waals surface area contributed by atoms with E-state index in [0.717, 1.165) is 43.5 Å². The molecule has 4 rings (SSSR count). The van der Waals surface area contributed by atoms with E-state index in [1.807, 2.05) is 12.3 Å². The topological polar surface area (TPSA) is 67.2 Å². The summed E-state index contributed by atoms with van der Waals surface area (Å²) in [4.78, 5) is 25.9. The van der Waals surface area contributed by atoms with Gasteiger partial charge in [-0.2, -0.15) is 5.10 Å². The number of rotatable bonds is 5. The van der Waals surface area contributed by atoms with Gasteiger partial charge in [-0.25, -0.2) is 14.6 Å². The monoisotopic (exact) mass is 388 g/mol. The van der Waals surface area contributed by atoms with Gasteiger partial charge in [-0.1, -0.05) is 25.4 Å². The zero-order chi connectivity index (χ0) is 19.0. The second kappa shape index (κ2) is 7.46. The predicted octanol–water partition coefficient (Wildman–Crippen LogP) is 2.55. The van der Waals surface area contributed by atoms with Gasteiger partial charge in [0.1, 0.15) is 16.7 Å². The Kier molecular flexibility index (Phi) is 5.04. The predicted molar refractivity (Wildman–Crippen MR) is 107 cm³/mol. The summed E-state index contributed by atoms with van der Waals surface area (Å²) in [5.41, 5.74) is 0.555. The lowest BCUT2D eigenvalue weighted by atomic mass is 10.2. The Hall–Kier alpha value is -2.15. The average molecular weight is 389 g/mol. The lowest BCUT2D eigenvalue weighted by molar-refractivity contribution is 0.531. The van der Waals surface area contributed by atoms with E-state index in [0.29, 0.717) is 18.4 Å². The lowest BCUT2D eigenvalue weighted by Gasteiger charge is -2.36. The van der Waals surface area contributed by atoms with Crippen molar-refractivity contribution in [3.63, 3.8) is 0 Å². The van der Waals surface area contributed by atoms with E-state index >= 15 is 0 Å². The fraction of sp³-hybridized carbons (Fsp3) is 0.579. The van der Waals surface area contributed by atoms with Crippen LogP contribution in [0.25, 0.3) is 0 Å². The van der Waals surface area contributed by atoms with Crippen LogP contribution in [0.2, 0.25) is 5.02 Å². The number of aromatic nitrogens is 4. The molecule has 3 heterocycles. The molecule has 0 bridgehead atoms. The van der Waals surface area contributed by atoms with Crippen LogP contribution in [0.3, 0.4) is 0 Å². The first-order chi connectivity index (χ1) is 13.0. The van der Waals surface area contributed by atoms with Gasteiger partial charge in [-0.05, 0) is 24.8 Å². The van der Waals surface area contributed by atoms with E-state index in [4.69, 9.17) is 11.6 Å². The van der Waals surface area contributed by atoms with Crippen LogP contribution >= 0.6 is 11.6 Å². The highest BCUT2D eigenvalue weighted by Crippen LogP contribution is 2.30. The molecule has 0 unspecified atom stereocenters. The third-order valence-corrected chi connectivity index (χ3v) is 5.57. The van der Waals surface area contributed by atoms with Crippen molar-refractivity contribution in [1.82, 2.24) is 19.7 Å². The first kappa shape index (κ1) is 18.2. The van der Waals surface area contributed by atoms with Crippen LogP contribution < -0.4 is 15.4 Å². The third kappa shape index (κ3) is 3.93. The van der Waals surface area contributed by atoms with E-state index in [9.17, 15) is 4.79 Å². The third-order valence-electron chi connectivity index (χ3n) is 5.21. The molecule has 1 saturated carbocycles. The summed E-state index contributed by atoms with van der Waals surface area (Å²) in [6.45, 7) is 8.04. The van der Waals surface area contributed by atoms with Crippen molar-refractivity contribution in [3.05, 3.63) is 39.7 Å². The van der Waals surface area contributed by atoms with Gasteiger partial charge in [0, 0.05) is 44.8 Å². The number of nitrogens with zero attached hydrogens (tertiary/aromatic N) is 6. The van der Waals surface area contributed by atoms with E-state index in [-0.39, 0.29) is 10.6 Å². The van der Waals surface area contributed by atoms with Gasteiger partial charge in [-0.15, -0.1) is 0 Å². The largest absolute Gasteiger partial charge is 0.365 e. The molecule has 1 aliphatic heterocycles. The number of halogens is 1. The summed E-state index contributed by atoms with van der Waals surface area (Å²) in [6.07, 6.45) is 5.92. The normalized spacial score (nSPS) is 17.6. The van der Waals surface area contributed by atoms with Gasteiger partial charge in [0.25, 0.3) is 5.56 Å². The summed E-state index contributed by atoms with van der Waals surface area (Å²) in [5, 5.41) is 4.63. The zero-order valence-electron chi connectivity index (χ0n) is 15.8. The maximum Gasteiger partial charge on any atom is 0.287 e. The van der Waals surface area contributed by atoms with E-state index in [1.165, 1.54) is 17.5 Å². The van der Waals surface area contributed by atoms with E-state index < -0.39 is 0 Å². The van der Waals surface area contributed by atoms with Gasteiger partial charge < -0.3 is 9.80 Å². The molecule has 0 aromatic carbocycles. The summed E-state index contributed by atoms with van der Waals surface area (Å²) in [7, 11) is 0. The van der Waals surface area contributed by atoms with Crippen molar-refractivity contribution in [1.29, 1.82) is 0 Å². The lowest BCUT2D eigenvalue weighted by Crippen LogP contribution is -2.47. The molecule has 2 aromatic heterocycles. The van der Waals surface area contributed by atoms with Crippen molar-refractivity contribution in [2.24, 2.45) is 5.92 Å². The molecule has 0 radical (unpaired) electrons. The van der Waals surface area contributed by atoms with Crippen LogP contribution in [0.5, 0.6) is 0 Å².